The zero-order valence-electron chi connectivity index (χ0n) is 13.8. The van der Waals surface area contributed by atoms with Crippen LogP contribution in [0.25, 0.3) is 0 Å². The van der Waals surface area contributed by atoms with Crippen LogP contribution < -0.4 is 0 Å². The number of halogens is 1. The summed E-state index contributed by atoms with van der Waals surface area (Å²) in [7, 11) is 0.912. The Balaban J connectivity index is 4.04. The Labute approximate surface area is 139 Å². The Bertz CT molecular complexity index is 435. The van der Waals surface area contributed by atoms with Gasteiger partial charge in [0.05, 0.1) is 26.1 Å². The van der Waals surface area contributed by atoms with Gasteiger partial charge in [-0.2, -0.15) is 0 Å². The van der Waals surface area contributed by atoms with Gasteiger partial charge < -0.3 is 14.7 Å². The average Bonchev–Trinajstić information content (AvgIpc) is 2.55. The molecule has 0 radical (unpaired) electrons. The largest absolute Gasteiger partial charge is 0.474 e. The highest BCUT2D eigenvalue weighted by atomic mass is 31.2. The summed E-state index contributed by atoms with van der Waals surface area (Å²) in [4.78, 5) is 26.4. The molecular weight excluding hydrogens is 352 g/mol. The first-order chi connectivity index (χ1) is 11.2. The minimum absolute atomic E-state index is 0.0911. The fourth-order valence-corrected chi connectivity index (χ4v) is 2.15. The Morgan fingerprint density at radius 3 is 2.33 bits per heavy atom. The summed E-state index contributed by atoms with van der Waals surface area (Å²) in [6, 6.07) is 0. The Hall–Kier alpha value is -1.10. The summed E-state index contributed by atoms with van der Waals surface area (Å²) in [6.45, 7) is -0.357. The molecule has 0 aliphatic carbocycles. The Kier molecular flexibility index (Phi) is 11.7. The van der Waals surface area contributed by atoms with Gasteiger partial charge in [-0.15, -0.1) is 0 Å². The zero-order valence-corrected chi connectivity index (χ0v) is 14.7. The number of esters is 1. The molecule has 0 saturated heterocycles. The standard InChI is InChI=1S/C12H23FNO9P/c1-14(2)6-7-21-24(18,19-3)22-9-10(15)8-20-11(16)4-5-12(17)23-13/h10,15H,4-9H2,1-3H3. The molecular formula is C12H23FNO9P. The fourth-order valence-electron chi connectivity index (χ4n) is 1.21. The molecule has 0 rings (SSSR count). The van der Waals surface area contributed by atoms with Gasteiger partial charge in [-0.1, -0.05) is 0 Å². The Morgan fingerprint density at radius 2 is 1.79 bits per heavy atom. The van der Waals surface area contributed by atoms with Crippen molar-refractivity contribution in [3.05, 3.63) is 0 Å². The van der Waals surface area contributed by atoms with Gasteiger partial charge in [-0.05, 0) is 14.1 Å². The van der Waals surface area contributed by atoms with E-state index in [1.807, 2.05) is 0 Å². The molecule has 0 spiro atoms. The fraction of sp³-hybridized carbons (Fsp3) is 0.833. The molecule has 0 aromatic heterocycles. The van der Waals surface area contributed by atoms with Gasteiger partial charge in [-0.25, -0.2) is 9.36 Å². The molecule has 12 heteroatoms. The first-order valence-corrected chi connectivity index (χ1v) is 8.43. The number of likely N-dealkylation sites (N-methyl/N-ethyl adjacent to an activating group) is 1. The van der Waals surface area contributed by atoms with E-state index in [0.717, 1.165) is 7.11 Å². The molecule has 10 nitrogen and oxygen atoms in total. The first-order valence-electron chi connectivity index (χ1n) is 6.97. The normalized spacial score (nSPS) is 14.9. The molecule has 0 aliphatic rings. The topological polar surface area (TPSA) is 121 Å². The highest BCUT2D eigenvalue weighted by Gasteiger charge is 2.26. The number of aliphatic hydroxyl groups is 1. The van der Waals surface area contributed by atoms with Crippen LogP contribution in [-0.4, -0.2) is 75.6 Å². The van der Waals surface area contributed by atoms with E-state index in [0.29, 0.717) is 6.54 Å². The van der Waals surface area contributed by atoms with Gasteiger partial charge in [0.2, 0.25) is 0 Å². The number of phosphoric acid groups is 1. The molecule has 0 fully saturated rings. The monoisotopic (exact) mass is 375 g/mol. The molecule has 0 amide bonds. The van der Waals surface area contributed by atoms with Crippen LogP contribution in [0.3, 0.4) is 0 Å². The molecule has 2 atom stereocenters. The highest BCUT2D eigenvalue weighted by molar-refractivity contribution is 7.48. The van der Waals surface area contributed by atoms with Crippen molar-refractivity contribution < 1.29 is 47.0 Å². The van der Waals surface area contributed by atoms with E-state index >= 15 is 0 Å². The van der Waals surface area contributed by atoms with Crippen LogP contribution in [0.1, 0.15) is 12.8 Å². The lowest BCUT2D eigenvalue weighted by molar-refractivity contribution is -0.184. The lowest BCUT2D eigenvalue weighted by atomic mass is 10.3. The summed E-state index contributed by atoms with van der Waals surface area (Å²) in [6.07, 6.45) is -2.18. The maximum atomic E-state index is 12.0. The van der Waals surface area contributed by atoms with Gasteiger partial charge in [0.1, 0.15) is 12.7 Å². The number of rotatable bonds is 13. The van der Waals surface area contributed by atoms with E-state index in [2.05, 4.69) is 14.2 Å². The van der Waals surface area contributed by atoms with Crippen molar-refractivity contribution in [1.82, 2.24) is 4.90 Å². The molecule has 2 unspecified atom stereocenters. The zero-order chi connectivity index (χ0) is 18.6. The summed E-state index contributed by atoms with van der Waals surface area (Å²) < 4.78 is 42.6. The van der Waals surface area contributed by atoms with Crippen molar-refractivity contribution in [2.45, 2.75) is 18.9 Å². The van der Waals surface area contributed by atoms with Gasteiger partial charge in [0, 0.05) is 18.2 Å². The van der Waals surface area contributed by atoms with Crippen LogP contribution in [0.2, 0.25) is 0 Å². The molecule has 0 aliphatic heterocycles. The van der Waals surface area contributed by atoms with Gasteiger partial charge >= 0.3 is 19.8 Å². The van der Waals surface area contributed by atoms with Crippen molar-refractivity contribution in [1.29, 1.82) is 0 Å². The summed E-state index contributed by atoms with van der Waals surface area (Å²) >= 11 is 0. The van der Waals surface area contributed by atoms with Gasteiger partial charge in [0.25, 0.3) is 0 Å². The molecule has 24 heavy (non-hydrogen) atoms. The first kappa shape index (κ1) is 22.9. The predicted octanol–water partition coefficient (Wildman–Crippen LogP) is 0.448. The van der Waals surface area contributed by atoms with Crippen LogP contribution in [0.15, 0.2) is 0 Å². The second-order valence-corrected chi connectivity index (χ2v) is 6.62. The summed E-state index contributed by atoms with van der Waals surface area (Å²) in [5.74, 6) is -2.04. The number of carbonyl (C=O) groups excluding carboxylic acids is 2. The molecule has 1 N–H and O–H groups in total. The van der Waals surface area contributed by atoms with E-state index in [-0.39, 0.29) is 6.61 Å². The number of phosphoric ester groups is 1. The van der Waals surface area contributed by atoms with Crippen LogP contribution >= 0.6 is 7.82 Å². The minimum atomic E-state index is -3.82. The van der Waals surface area contributed by atoms with Crippen molar-refractivity contribution in [3.8, 4) is 0 Å². The molecule has 0 heterocycles. The van der Waals surface area contributed by atoms with E-state index in [4.69, 9.17) is 9.05 Å². The lowest BCUT2D eigenvalue weighted by Gasteiger charge is -2.19. The van der Waals surface area contributed by atoms with Crippen molar-refractivity contribution >= 4 is 19.8 Å². The summed E-state index contributed by atoms with van der Waals surface area (Å²) in [5, 5.41) is 9.60. The molecule has 0 saturated carbocycles. The average molecular weight is 375 g/mol. The SMILES string of the molecule is COP(=O)(OCCN(C)C)OCC(O)COC(=O)CCC(=O)OF. The van der Waals surface area contributed by atoms with Crippen molar-refractivity contribution in [2.75, 3.05) is 47.6 Å². The number of aliphatic hydroxyl groups excluding tert-OH is 1. The maximum Gasteiger partial charge on any atom is 0.474 e. The Morgan fingerprint density at radius 1 is 1.17 bits per heavy atom. The molecule has 142 valence electrons. The van der Waals surface area contributed by atoms with Gasteiger partial charge in [-0.3, -0.25) is 23.3 Å². The van der Waals surface area contributed by atoms with E-state index in [1.165, 1.54) is 0 Å². The number of hydrogen-bond acceptors (Lipinski definition) is 10. The third-order valence-electron chi connectivity index (χ3n) is 2.49. The number of carbonyl (C=O) groups is 2. The number of ether oxygens (including phenoxy) is 1. The highest BCUT2D eigenvalue weighted by Crippen LogP contribution is 2.48. The second-order valence-electron chi connectivity index (χ2n) is 4.85. The van der Waals surface area contributed by atoms with E-state index in [9.17, 15) is 23.8 Å². The quantitative estimate of drug-likeness (QED) is 0.359. The molecule has 0 aromatic carbocycles. The third-order valence-corrected chi connectivity index (χ3v) is 3.90. The second kappa shape index (κ2) is 12.3. The number of nitrogens with zero attached hydrogens (tertiary/aromatic N) is 1. The van der Waals surface area contributed by atoms with Crippen molar-refractivity contribution in [2.24, 2.45) is 0 Å². The summed E-state index contributed by atoms with van der Waals surface area (Å²) in [5.41, 5.74) is 0. The molecule has 0 aromatic rings. The van der Waals surface area contributed by atoms with Crippen LogP contribution in [0.4, 0.5) is 4.53 Å². The van der Waals surface area contributed by atoms with Gasteiger partial charge in [0.15, 0.2) is 0 Å². The van der Waals surface area contributed by atoms with E-state index in [1.54, 1.807) is 19.0 Å². The van der Waals surface area contributed by atoms with Crippen LogP contribution in [0.5, 0.6) is 0 Å². The van der Waals surface area contributed by atoms with E-state index < -0.39 is 51.9 Å². The van der Waals surface area contributed by atoms with Crippen molar-refractivity contribution in [3.63, 3.8) is 0 Å². The van der Waals surface area contributed by atoms with Crippen LogP contribution in [0, 0.1) is 0 Å². The lowest BCUT2D eigenvalue weighted by Crippen LogP contribution is -2.24. The smallest absolute Gasteiger partial charge is 0.463 e. The third kappa shape index (κ3) is 11.4. The minimum Gasteiger partial charge on any atom is -0.463 e. The van der Waals surface area contributed by atoms with Crippen LogP contribution in [-0.2, 0) is 37.4 Å². The molecule has 0 bridgehead atoms. The number of hydrogen-bond donors (Lipinski definition) is 1. The maximum absolute atomic E-state index is 12.0. The predicted molar refractivity (Wildman–Crippen MR) is 78.5 cm³/mol.